The van der Waals surface area contributed by atoms with E-state index in [1.54, 1.807) is 6.92 Å². The van der Waals surface area contributed by atoms with Crippen molar-refractivity contribution in [2.75, 3.05) is 18.9 Å². The zero-order chi connectivity index (χ0) is 10.3. The van der Waals surface area contributed by atoms with Crippen LogP contribution in [0.4, 0.5) is 0 Å². The van der Waals surface area contributed by atoms with Crippen LogP contribution in [0.3, 0.4) is 0 Å². The van der Waals surface area contributed by atoms with Crippen LogP contribution in [0.25, 0.3) is 0 Å². The van der Waals surface area contributed by atoms with Crippen molar-refractivity contribution in [3.63, 3.8) is 0 Å². The van der Waals surface area contributed by atoms with Gasteiger partial charge >= 0.3 is 0 Å². The van der Waals surface area contributed by atoms with Crippen LogP contribution >= 0.6 is 0 Å². The molecule has 0 amide bonds. The smallest absolute Gasteiger partial charge is 0.211 e. The summed E-state index contributed by atoms with van der Waals surface area (Å²) in [4.78, 5) is 4.17. The summed E-state index contributed by atoms with van der Waals surface area (Å²) < 4.78 is 24.2. The molecule has 0 unspecified atom stereocenters. The summed E-state index contributed by atoms with van der Waals surface area (Å²) in [5, 5.41) is 15.7. The Morgan fingerprint density at radius 2 is 2.08 bits per heavy atom. The molecule has 0 aliphatic carbocycles. The van der Waals surface area contributed by atoms with Crippen molar-refractivity contribution < 1.29 is 23.7 Å². The number of nitrogens with one attached hydrogen (secondary N) is 1. The van der Waals surface area contributed by atoms with E-state index < -0.39 is 15.4 Å². The molecule has 0 heterocycles. The first kappa shape index (κ1) is 12.8. The van der Waals surface area contributed by atoms with Gasteiger partial charge in [-0.2, -0.15) is 0 Å². The van der Waals surface area contributed by atoms with Crippen LogP contribution in [0.2, 0.25) is 0 Å². The van der Waals surface area contributed by atoms with Gasteiger partial charge in [-0.25, -0.2) is 13.1 Å². The SMILES string of the molecule is CCNS(=O)(=O)CCCON(O)O. The molecule has 0 aliphatic heterocycles. The summed E-state index contributed by atoms with van der Waals surface area (Å²) in [7, 11) is -3.24. The van der Waals surface area contributed by atoms with Crippen molar-refractivity contribution in [2.45, 2.75) is 13.3 Å². The van der Waals surface area contributed by atoms with Gasteiger partial charge in [-0.05, 0) is 6.42 Å². The first-order valence-corrected chi connectivity index (χ1v) is 5.41. The molecule has 0 saturated heterocycles. The maximum Gasteiger partial charge on any atom is 0.211 e. The van der Waals surface area contributed by atoms with E-state index in [1.807, 2.05) is 0 Å². The molecule has 0 aliphatic rings. The van der Waals surface area contributed by atoms with Crippen LogP contribution in [-0.4, -0.2) is 43.1 Å². The van der Waals surface area contributed by atoms with Crippen LogP contribution in [0.1, 0.15) is 13.3 Å². The monoisotopic (exact) mass is 214 g/mol. The predicted molar refractivity (Wildman–Crippen MR) is 43.4 cm³/mol. The van der Waals surface area contributed by atoms with Crippen LogP contribution in [0.5, 0.6) is 0 Å². The summed E-state index contributed by atoms with van der Waals surface area (Å²) in [6.45, 7) is 1.95. The Labute approximate surface area is 76.8 Å². The van der Waals surface area contributed by atoms with E-state index in [0.29, 0.717) is 6.54 Å². The molecule has 80 valence electrons. The Morgan fingerprint density at radius 1 is 1.46 bits per heavy atom. The van der Waals surface area contributed by atoms with Gasteiger partial charge < -0.3 is 0 Å². The minimum Gasteiger partial charge on any atom is -0.266 e. The molecule has 0 saturated carbocycles. The molecule has 0 rings (SSSR count). The number of nitrogens with zero attached hydrogens (tertiary/aromatic N) is 1. The minimum absolute atomic E-state index is 0.0718. The Kier molecular flexibility index (Phi) is 6.12. The second-order valence-electron chi connectivity index (χ2n) is 2.26. The first-order chi connectivity index (χ1) is 5.98. The van der Waals surface area contributed by atoms with E-state index in [4.69, 9.17) is 10.4 Å². The fourth-order valence-corrected chi connectivity index (χ4v) is 1.77. The van der Waals surface area contributed by atoms with Crippen molar-refractivity contribution in [2.24, 2.45) is 0 Å². The van der Waals surface area contributed by atoms with E-state index in [2.05, 4.69) is 9.56 Å². The maximum absolute atomic E-state index is 11.0. The number of sulfonamides is 1. The molecule has 7 nitrogen and oxygen atoms in total. The molecule has 8 heteroatoms. The topological polar surface area (TPSA) is 99.1 Å². The number of hydrogen-bond donors (Lipinski definition) is 3. The van der Waals surface area contributed by atoms with Gasteiger partial charge in [0, 0.05) is 6.54 Å². The van der Waals surface area contributed by atoms with Crippen LogP contribution in [0, 0.1) is 0 Å². The van der Waals surface area contributed by atoms with Gasteiger partial charge in [0.25, 0.3) is 0 Å². The second-order valence-corrected chi connectivity index (χ2v) is 4.18. The molecular formula is C5H14N2O5S. The maximum atomic E-state index is 11.0. The zero-order valence-electron chi connectivity index (χ0n) is 7.30. The van der Waals surface area contributed by atoms with Gasteiger partial charge in [0.05, 0.1) is 17.7 Å². The lowest BCUT2D eigenvalue weighted by Gasteiger charge is -2.06. The third kappa shape index (κ3) is 8.09. The van der Waals surface area contributed by atoms with E-state index in [0.717, 1.165) is 0 Å². The fourth-order valence-electron chi connectivity index (χ4n) is 0.687. The third-order valence-electron chi connectivity index (χ3n) is 1.13. The van der Waals surface area contributed by atoms with Crippen LogP contribution in [0.15, 0.2) is 0 Å². The standard InChI is InChI=1S/C5H14N2O5S/c1-2-6-13(10,11)5-3-4-12-7(8)9/h6,8-9H,2-5H2,1H3. The molecule has 0 bridgehead atoms. The highest BCUT2D eigenvalue weighted by molar-refractivity contribution is 7.89. The highest BCUT2D eigenvalue weighted by Crippen LogP contribution is 1.90. The zero-order valence-corrected chi connectivity index (χ0v) is 8.12. The molecule has 3 N–H and O–H groups in total. The highest BCUT2D eigenvalue weighted by Gasteiger charge is 2.07. The van der Waals surface area contributed by atoms with Gasteiger partial charge in [0.15, 0.2) is 0 Å². The largest absolute Gasteiger partial charge is 0.266 e. The molecule has 0 radical (unpaired) electrons. The lowest BCUT2D eigenvalue weighted by atomic mass is 10.5. The summed E-state index contributed by atoms with van der Waals surface area (Å²) in [5.41, 5.74) is 0. The first-order valence-electron chi connectivity index (χ1n) is 3.76. The minimum atomic E-state index is -3.24. The average molecular weight is 214 g/mol. The number of hydrogen-bond acceptors (Lipinski definition) is 6. The molecule has 0 spiro atoms. The summed E-state index contributed by atoms with van der Waals surface area (Å²) in [6, 6.07) is 0. The van der Waals surface area contributed by atoms with Gasteiger partial charge in [-0.15, -0.1) is 0 Å². The fraction of sp³-hybridized carbons (Fsp3) is 1.00. The second kappa shape index (κ2) is 6.24. The van der Waals surface area contributed by atoms with E-state index >= 15 is 0 Å². The van der Waals surface area contributed by atoms with E-state index in [1.165, 1.54) is 0 Å². The normalized spacial score (nSPS) is 12.3. The highest BCUT2D eigenvalue weighted by atomic mass is 32.2. The van der Waals surface area contributed by atoms with Crippen molar-refractivity contribution in [3.05, 3.63) is 0 Å². The van der Waals surface area contributed by atoms with Crippen molar-refractivity contribution in [1.29, 1.82) is 0 Å². The molecule has 0 aromatic carbocycles. The summed E-state index contributed by atoms with van der Waals surface area (Å²) >= 11 is 0. The van der Waals surface area contributed by atoms with Gasteiger partial charge in [-0.3, -0.25) is 15.3 Å². The Balaban J connectivity index is 3.53. The summed E-state index contributed by atoms with van der Waals surface area (Å²) in [6.07, 6.45) is 0.187. The predicted octanol–water partition coefficient (Wildman–Crippen LogP) is -0.672. The molecule has 0 fully saturated rings. The third-order valence-corrected chi connectivity index (χ3v) is 2.68. The Morgan fingerprint density at radius 3 is 2.54 bits per heavy atom. The van der Waals surface area contributed by atoms with Crippen LogP contribution in [-0.2, 0) is 14.9 Å². The molecule has 13 heavy (non-hydrogen) atoms. The summed E-state index contributed by atoms with van der Waals surface area (Å²) in [5.74, 6) is -0.103. The quantitative estimate of drug-likeness (QED) is 0.384. The van der Waals surface area contributed by atoms with Crippen LogP contribution < -0.4 is 4.72 Å². The van der Waals surface area contributed by atoms with Gasteiger partial charge in [0.2, 0.25) is 10.0 Å². The molecule has 0 aromatic rings. The van der Waals surface area contributed by atoms with Crippen molar-refractivity contribution >= 4 is 10.0 Å². The van der Waals surface area contributed by atoms with Crippen molar-refractivity contribution in [3.8, 4) is 0 Å². The average Bonchev–Trinajstić information content (AvgIpc) is 1.98. The van der Waals surface area contributed by atoms with Gasteiger partial charge in [-0.1, -0.05) is 6.92 Å². The Bertz CT molecular complexity index is 215. The van der Waals surface area contributed by atoms with E-state index in [-0.39, 0.29) is 18.8 Å². The van der Waals surface area contributed by atoms with Crippen molar-refractivity contribution in [1.82, 2.24) is 10.1 Å². The molecular weight excluding hydrogens is 200 g/mol. The van der Waals surface area contributed by atoms with Gasteiger partial charge in [0.1, 0.15) is 0 Å². The molecule has 0 atom stereocenters. The lowest BCUT2D eigenvalue weighted by molar-refractivity contribution is -0.492. The Hall–Kier alpha value is -0.250. The molecule has 0 aromatic heterocycles. The lowest BCUT2D eigenvalue weighted by Crippen LogP contribution is -2.27. The number of rotatable bonds is 7. The van der Waals surface area contributed by atoms with E-state index in [9.17, 15) is 8.42 Å².